The van der Waals surface area contributed by atoms with Crippen LogP contribution >= 0.6 is 0 Å². The zero-order valence-electron chi connectivity index (χ0n) is 47.9. The van der Waals surface area contributed by atoms with E-state index < -0.39 is 0 Å². The van der Waals surface area contributed by atoms with E-state index in [0.717, 1.165) is 103 Å². The first-order valence-corrected chi connectivity index (χ1v) is 28.3. The molecule has 0 atom stereocenters. The van der Waals surface area contributed by atoms with Crippen molar-refractivity contribution in [3.05, 3.63) is 95.1 Å². The van der Waals surface area contributed by atoms with Crippen LogP contribution in [0.5, 0.6) is 23.0 Å². The minimum absolute atomic E-state index is 0.0626. The highest BCUT2D eigenvalue weighted by molar-refractivity contribution is 6.12. The summed E-state index contributed by atoms with van der Waals surface area (Å²) in [6.07, 6.45) is 16.9. The summed E-state index contributed by atoms with van der Waals surface area (Å²) >= 11 is 0. The average Bonchev–Trinajstić information content (AvgIpc) is 3.31. The van der Waals surface area contributed by atoms with Gasteiger partial charge in [-0.2, -0.15) is 0 Å². The first kappa shape index (κ1) is 57.5. The van der Waals surface area contributed by atoms with Gasteiger partial charge in [0.05, 0.1) is 26.4 Å². The second-order valence-electron chi connectivity index (χ2n) is 24.5. The molecule has 390 valence electrons. The van der Waals surface area contributed by atoms with Gasteiger partial charge >= 0.3 is 0 Å². The lowest BCUT2D eigenvalue weighted by Crippen LogP contribution is -2.12. The predicted molar refractivity (Wildman–Crippen MR) is 311 cm³/mol. The Morgan fingerprint density at radius 2 is 0.634 bits per heavy atom. The van der Waals surface area contributed by atoms with Crippen molar-refractivity contribution in [2.24, 2.45) is 11.8 Å². The Kier molecular flexibility index (Phi) is 21.4. The third kappa shape index (κ3) is 16.0. The molecular formula is C67H98O4. The van der Waals surface area contributed by atoms with Gasteiger partial charge in [-0.05, 0) is 107 Å². The zero-order chi connectivity index (χ0) is 51.9. The van der Waals surface area contributed by atoms with Gasteiger partial charge < -0.3 is 18.9 Å². The SMILES string of the molecule is CC(C)CCOc1c2ccc(C(C)(C)C)cc2c(OCCC(C)C)c2ccc(C(C)(C)C)cc12.CCCCCCCCOc1c2ccc(CC)cc2c(OCCCCCCC)c2ccc(C(C)(C)C)cc12. The Morgan fingerprint density at radius 1 is 0.338 bits per heavy atom. The lowest BCUT2D eigenvalue weighted by molar-refractivity contribution is 0.291. The van der Waals surface area contributed by atoms with Crippen molar-refractivity contribution in [1.82, 2.24) is 0 Å². The summed E-state index contributed by atoms with van der Waals surface area (Å²) in [7, 11) is 0. The third-order valence-electron chi connectivity index (χ3n) is 14.2. The fourth-order valence-electron chi connectivity index (χ4n) is 9.32. The summed E-state index contributed by atoms with van der Waals surface area (Å²) in [5, 5.41) is 9.36. The van der Waals surface area contributed by atoms with E-state index >= 15 is 0 Å². The van der Waals surface area contributed by atoms with Crippen molar-refractivity contribution in [2.75, 3.05) is 26.4 Å². The molecule has 0 bridgehead atoms. The number of fused-ring (bicyclic) bond motifs is 4. The first-order valence-electron chi connectivity index (χ1n) is 28.3. The monoisotopic (exact) mass is 967 g/mol. The minimum atomic E-state index is 0.0626. The van der Waals surface area contributed by atoms with Gasteiger partial charge in [-0.1, -0.05) is 217 Å². The number of rotatable bonds is 24. The highest BCUT2D eigenvalue weighted by Crippen LogP contribution is 2.47. The minimum Gasteiger partial charge on any atom is -0.492 e. The largest absolute Gasteiger partial charge is 0.492 e. The lowest BCUT2D eigenvalue weighted by Gasteiger charge is -2.24. The van der Waals surface area contributed by atoms with Gasteiger partial charge in [0.25, 0.3) is 0 Å². The molecule has 0 fully saturated rings. The van der Waals surface area contributed by atoms with Crippen LogP contribution in [0.25, 0.3) is 43.1 Å². The summed E-state index contributed by atoms with van der Waals surface area (Å²) in [5.74, 6) is 5.26. The molecule has 0 aliphatic heterocycles. The number of unbranched alkanes of at least 4 members (excludes halogenated alkanes) is 9. The van der Waals surface area contributed by atoms with Crippen LogP contribution in [0.3, 0.4) is 0 Å². The molecule has 0 aromatic heterocycles. The molecule has 6 rings (SSSR count). The van der Waals surface area contributed by atoms with Crippen LogP contribution in [-0.4, -0.2) is 26.4 Å². The molecule has 0 saturated heterocycles. The van der Waals surface area contributed by atoms with E-state index in [0.29, 0.717) is 11.8 Å². The van der Waals surface area contributed by atoms with Gasteiger partial charge in [0.15, 0.2) is 0 Å². The fraction of sp³-hybridized carbons (Fsp3) is 0.582. The first-order chi connectivity index (χ1) is 33.7. The van der Waals surface area contributed by atoms with E-state index in [-0.39, 0.29) is 16.2 Å². The van der Waals surface area contributed by atoms with Crippen molar-refractivity contribution in [3.63, 3.8) is 0 Å². The van der Waals surface area contributed by atoms with Crippen LogP contribution < -0.4 is 18.9 Å². The molecule has 6 aromatic carbocycles. The van der Waals surface area contributed by atoms with Crippen LogP contribution in [0.1, 0.15) is 217 Å². The Bertz CT molecular complexity index is 2500. The van der Waals surface area contributed by atoms with Crippen molar-refractivity contribution in [2.45, 2.75) is 217 Å². The maximum Gasteiger partial charge on any atom is 0.135 e. The van der Waals surface area contributed by atoms with Crippen LogP contribution in [0.4, 0.5) is 0 Å². The van der Waals surface area contributed by atoms with E-state index in [1.54, 1.807) is 0 Å². The van der Waals surface area contributed by atoms with Crippen LogP contribution in [-0.2, 0) is 22.7 Å². The van der Waals surface area contributed by atoms with Crippen LogP contribution in [0, 0.1) is 11.8 Å². The molecule has 71 heavy (non-hydrogen) atoms. The number of hydrogen-bond donors (Lipinski definition) is 0. The van der Waals surface area contributed by atoms with Gasteiger partial charge in [0.1, 0.15) is 23.0 Å². The molecule has 0 amide bonds. The van der Waals surface area contributed by atoms with Crippen LogP contribution in [0.2, 0.25) is 0 Å². The van der Waals surface area contributed by atoms with Crippen molar-refractivity contribution in [1.29, 1.82) is 0 Å². The normalized spacial score (nSPS) is 12.4. The van der Waals surface area contributed by atoms with Gasteiger partial charge in [-0.3, -0.25) is 0 Å². The molecule has 0 aliphatic carbocycles. The lowest BCUT2D eigenvalue weighted by atomic mass is 9.83. The topological polar surface area (TPSA) is 36.9 Å². The highest BCUT2D eigenvalue weighted by atomic mass is 16.5. The highest BCUT2D eigenvalue weighted by Gasteiger charge is 2.24. The van der Waals surface area contributed by atoms with E-state index in [1.807, 2.05) is 0 Å². The molecule has 0 N–H and O–H groups in total. The molecule has 0 saturated carbocycles. The maximum absolute atomic E-state index is 6.65. The van der Waals surface area contributed by atoms with Crippen LogP contribution in [0.15, 0.2) is 72.8 Å². The molecule has 0 heterocycles. The molecule has 0 unspecified atom stereocenters. The van der Waals surface area contributed by atoms with Gasteiger partial charge in [0, 0.05) is 43.1 Å². The predicted octanol–water partition coefficient (Wildman–Crippen LogP) is 20.4. The molecule has 4 heteroatoms. The number of aryl methyl sites for hydroxylation is 1. The smallest absolute Gasteiger partial charge is 0.135 e. The molecule has 6 aromatic rings. The quantitative estimate of drug-likeness (QED) is 0.0447. The van der Waals surface area contributed by atoms with Gasteiger partial charge in [-0.25, -0.2) is 0 Å². The number of ether oxygens (including phenoxy) is 4. The van der Waals surface area contributed by atoms with E-state index in [4.69, 9.17) is 18.9 Å². The summed E-state index contributed by atoms with van der Waals surface area (Å²) in [6, 6.07) is 27.4. The van der Waals surface area contributed by atoms with Gasteiger partial charge in [0.2, 0.25) is 0 Å². The van der Waals surface area contributed by atoms with Gasteiger partial charge in [-0.15, -0.1) is 0 Å². The Morgan fingerprint density at radius 3 is 0.944 bits per heavy atom. The zero-order valence-corrected chi connectivity index (χ0v) is 47.9. The second kappa shape index (κ2) is 26.5. The standard InChI is InChI=1S/C35H52O2.C32H46O2/c1-7-10-12-14-16-18-24-37-34-29-21-19-27(9-3)25-31(29)33(36-23-17-15-13-11-8-2)30-22-20-28(26-32(30)34)35(4,5)6;1-21(2)15-17-33-29-25-13-11-24(32(8,9)10)20-28(25)30(34-18-16-22(3)4)26-14-12-23(19-27(26)29)31(5,6)7/h19-22,25-26H,7-18,23-24H2,1-6H3;11-14,19-22H,15-18H2,1-10H3. The molecule has 0 aliphatic rings. The van der Waals surface area contributed by atoms with Crippen molar-refractivity contribution < 1.29 is 18.9 Å². The second-order valence-corrected chi connectivity index (χ2v) is 24.5. The molecule has 0 radical (unpaired) electrons. The van der Waals surface area contributed by atoms with E-state index in [2.05, 4.69) is 184 Å². The van der Waals surface area contributed by atoms with E-state index in [9.17, 15) is 0 Å². The average molecular weight is 968 g/mol. The molecule has 0 spiro atoms. The summed E-state index contributed by atoms with van der Waals surface area (Å²) in [5.41, 5.74) is 5.50. The summed E-state index contributed by atoms with van der Waals surface area (Å²) < 4.78 is 26.4. The number of hydrogen-bond acceptors (Lipinski definition) is 4. The van der Waals surface area contributed by atoms with Crippen molar-refractivity contribution in [3.8, 4) is 23.0 Å². The summed E-state index contributed by atoms with van der Waals surface area (Å²) in [4.78, 5) is 0. The van der Waals surface area contributed by atoms with E-state index in [1.165, 1.54) is 102 Å². The molecular weight excluding hydrogens is 869 g/mol. The molecule has 4 nitrogen and oxygen atoms in total. The maximum atomic E-state index is 6.65. The Labute approximate surface area is 433 Å². The van der Waals surface area contributed by atoms with Crippen molar-refractivity contribution >= 4 is 43.1 Å². The third-order valence-corrected chi connectivity index (χ3v) is 14.2. The summed E-state index contributed by atoms with van der Waals surface area (Å²) in [6.45, 7) is 39.2. The Balaban J connectivity index is 0.000000265. The Hall–Kier alpha value is -4.44. The number of benzene rings is 6. The fourth-order valence-corrected chi connectivity index (χ4v) is 9.32.